The number of carboxylic acid groups (broad SMARTS) is 1. The molecule has 0 saturated carbocycles. The maximum atomic E-state index is 11.1. The van der Waals surface area contributed by atoms with Gasteiger partial charge in [-0.2, -0.15) is 8.42 Å². The van der Waals surface area contributed by atoms with E-state index in [1.54, 1.807) is 0 Å². The lowest BCUT2D eigenvalue weighted by atomic mass is 10.2. The highest BCUT2D eigenvalue weighted by Crippen LogP contribution is 2.41. The summed E-state index contributed by atoms with van der Waals surface area (Å²) in [5, 5.41) is 8.39. The first-order chi connectivity index (χ1) is 7.30. The Balaban J connectivity index is 2.41. The summed E-state index contributed by atoms with van der Waals surface area (Å²) in [6, 6.07) is 0. The van der Waals surface area contributed by atoms with Crippen LogP contribution in [0.5, 0.6) is 0 Å². The van der Waals surface area contributed by atoms with E-state index in [0.717, 1.165) is 22.9 Å². The van der Waals surface area contributed by atoms with Crippen molar-refractivity contribution in [3.8, 4) is 0 Å². The van der Waals surface area contributed by atoms with Crippen LogP contribution in [0.1, 0.15) is 6.42 Å². The van der Waals surface area contributed by atoms with Crippen LogP contribution in [0.15, 0.2) is 11.8 Å². The number of β-lactam (4-membered cyclic amide) rings is 1. The summed E-state index contributed by atoms with van der Waals surface area (Å²) in [6.45, 7) is 0. The Kier molecular flexibility index (Phi) is 2.48. The number of thioether (sulfide) groups is 1. The van der Waals surface area contributed by atoms with Crippen LogP contribution in [0.2, 0.25) is 0 Å². The van der Waals surface area contributed by atoms with Crippen LogP contribution in [-0.2, 0) is 19.7 Å². The molecule has 0 spiro atoms. The fraction of sp³-hybridized carbons (Fsp3) is 0.429. The first-order valence-electron chi connectivity index (χ1n) is 4.18. The van der Waals surface area contributed by atoms with Gasteiger partial charge in [0.15, 0.2) is 4.58 Å². The zero-order valence-corrected chi connectivity index (χ0v) is 9.36. The van der Waals surface area contributed by atoms with Gasteiger partial charge >= 0.3 is 5.97 Å². The number of carboxylic acids is 1. The van der Waals surface area contributed by atoms with Crippen molar-refractivity contribution in [2.45, 2.75) is 16.4 Å². The van der Waals surface area contributed by atoms with Gasteiger partial charge in [0, 0.05) is 6.20 Å². The van der Waals surface area contributed by atoms with E-state index in [2.05, 4.69) is 0 Å². The first kappa shape index (κ1) is 11.4. The van der Waals surface area contributed by atoms with Crippen molar-refractivity contribution in [2.75, 3.05) is 0 Å². The topological polar surface area (TPSA) is 112 Å². The number of carbonyl (C=O) groups excluding carboxylic acids is 1. The standard InChI is InChI=1S/C7H7NO6S2/c9-4-1-5-8(4)2-3(6(10)11)7(15-5)16(12,13)14/h2,5,7H,1H2,(H,10,11)(H,12,13,14)/t5-,7?/m1/s1. The minimum atomic E-state index is -4.48. The maximum absolute atomic E-state index is 11.1. The zero-order valence-electron chi connectivity index (χ0n) is 7.73. The molecule has 7 nitrogen and oxygen atoms in total. The third-order valence-corrected chi connectivity index (χ3v) is 5.34. The third-order valence-electron chi connectivity index (χ3n) is 2.28. The highest BCUT2D eigenvalue weighted by atomic mass is 32.3. The Bertz CT molecular complexity index is 495. The Hall–Kier alpha value is -1.06. The van der Waals surface area contributed by atoms with Crippen molar-refractivity contribution in [3.05, 3.63) is 11.8 Å². The van der Waals surface area contributed by atoms with Crippen LogP contribution in [-0.4, -0.2) is 44.8 Å². The number of aliphatic carboxylic acids is 1. The molecule has 2 aliphatic rings. The zero-order chi connectivity index (χ0) is 12.1. The Morgan fingerprint density at radius 3 is 2.62 bits per heavy atom. The second kappa shape index (κ2) is 3.47. The predicted octanol–water partition coefficient (Wildman–Crippen LogP) is -0.526. The average molecular weight is 265 g/mol. The summed E-state index contributed by atoms with van der Waals surface area (Å²) in [7, 11) is -4.48. The van der Waals surface area contributed by atoms with Crippen molar-refractivity contribution < 1.29 is 27.7 Å². The largest absolute Gasteiger partial charge is 0.478 e. The summed E-state index contributed by atoms with van der Waals surface area (Å²) in [6.07, 6.45) is 1.13. The molecule has 88 valence electrons. The second-order valence-corrected chi connectivity index (χ2v) is 6.42. The van der Waals surface area contributed by atoms with Crippen molar-refractivity contribution >= 4 is 33.8 Å². The predicted molar refractivity (Wildman–Crippen MR) is 53.9 cm³/mol. The van der Waals surface area contributed by atoms with Crippen LogP contribution in [0, 0.1) is 0 Å². The summed E-state index contributed by atoms with van der Waals surface area (Å²) in [5.74, 6) is -1.72. The summed E-state index contributed by atoms with van der Waals surface area (Å²) < 4.78 is 29.3. The molecular weight excluding hydrogens is 258 g/mol. The van der Waals surface area contributed by atoms with E-state index in [-0.39, 0.29) is 12.3 Å². The fourth-order valence-corrected chi connectivity index (χ4v) is 4.05. The molecule has 0 bridgehead atoms. The van der Waals surface area contributed by atoms with E-state index in [1.165, 1.54) is 0 Å². The number of fused-ring (bicyclic) bond motifs is 1. The highest BCUT2D eigenvalue weighted by molar-refractivity contribution is 8.12. The normalized spacial score (nSPS) is 29.2. The summed E-state index contributed by atoms with van der Waals surface area (Å²) in [4.78, 5) is 23.0. The number of nitrogens with zero attached hydrogens (tertiary/aromatic N) is 1. The number of hydrogen-bond acceptors (Lipinski definition) is 5. The van der Waals surface area contributed by atoms with Gasteiger partial charge < -0.3 is 10.0 Å². The number of amides is 1. The van der Waals surface area contributed by atoms with E-state index in [9.17, 15) is 18.0 Å². The van der Waals surface area contributed by atoms with Crippen molar-refractivity contribution in [1.82, 2.24) is 4.90 Å². The lowest BCUT2D eigenvalue weighted by Crippen LogP contribution is -2.52. The maximum Gasteiger partial charge on any atom is 0.335 e. The third kappa shape index (κ3) is 1.70. The van der Waals surface area contributed by atoms with Crippen molar-refractivity contribution in [3.63, 3.8) is 0 Å². The van der Waals surface area contributed by atoms with Crippen molar-refractivity contribution in [1.29, 1.82) is 0 Å². The van der Waals surface area contributed by atoms with E-state index >= 15 is 0 Å². The van der Waals surface area contributed by atoms with E-state index in [1.807, 2.05) is 0 Å². The summed E-state index contributed by atoms with van der Waals surface area (Å²) >= 11 is 0.746. The molecular formula is C7H7NO6S2. The molecule has 0 radical (unpaired) electrons. The Morgan fingerprint density at radius 2 is 2.19 bits per heavy atom. The van der Waals surface area contributed by atoms with Gasteiger partial charge in [-0.15, -0.1) is 11.8 Å². The molecule has 1 unspecified atom stereocenters. The molecule has 2 heterocycles. The molecule has 2 atom stereocenters. The smallest absolute Gasteiger partial charge is 0.335 e. The van der Waals surface area contributed by atoms with Crippen LogP contribution in [0.3, 0.4) is 0 Å². The highest BCUT2D eigenvalue weighted by Gasteiger charge is 2.47. The number of hydrogen-bond donors (Lipinski definition) is 2. The molecule has 2 N–H and O–H groups in total. The van der Waals surface area contributed by atoms with E-state index in [0.29, 0.717) is 0 Å². The van der Waals surface area contributed by atoms with E-state index < -0.39 is 31.6 Å². The molecule has 16 heavy (non-hydrogen) atoms. The Labute approximate surface area is 94.9 Å². The van der Waals surface area contributed by atoms with Gasteiger partial charge in [0.25, 0.3) is 10.1 Å². The van der Waals surface area contributed by atoms with E-state index in [4.69, 9.17) is 9.66 Å². The lowest BCUT2D eigenvalue weighted by Gasteiger charge is -2.42. The second-order valence-electron chi connectivity index (χ2n) is 3.33. The Morgan fingerprint density at radius 1 is 1.56 bits per heavy atom. The van der Waals surface area contributed by atoms with Gasteiger partial charge in [-0.25, -0.2) is 4.79 Å². The lowest BCUT2D eigenvalue weighted by molar-refractivity contribution is -0.137. The molecule has 0 aliphatic carbocycles. The van der Waals surface area contributed by atoms with Gasteiger partial charge in [0.05, 0.1) is 17.4 Å². The molecule has 0 aromatic heterocycles. The van der Waals surface area contributed by atoms with Gasteiger partial charge in [-0.05, 0) is 0 Å². The SMILES string of the molecule is O=C(O)C1=CN2C(=O)C[C@H]2SC1S(=O)(=O)O. The van der Waals surface area contributed by atoms with Crippen LogP contribution in [0.4, 0.5) is 0 Å². The average Bonchev–Trinajstić information content (AvgIpc) is 2.13. The minimum absolute atomic E-state index is 0.153. The molecule has 0 aromatic rings. The molecule has 1 amide bonds. The molecule has 9 heteroatoms. The molecule has 2 rings (SSSR count). The van der Waals surface area contributed by atoms with Gasteiger partial charge in [-0.3, -0.25) is 9.35 Å². The van der Waals surface area contributed by atoms with Gasteiger partial charge in [0.2, 0.25) is 5.91 Å². The number of carbonyl (C=O) groups is 2. The van der Waals surface area contributed by atoms with Gasteiger partial charge in [0.1, 0.15) is 0 Å². The van der Waals surface area contributed by atoms with Crippen LogP contribution in [0.25, 0.3) is 0 Å². The molecule has 1 fully saturated rings. The van der Waals surface area contributed by atoms with Crippen LogP contribution >= 0.6 is 11.8 Å². The molecule has 1 saturated heterocycles. The molecule has 2 aliphatic heterocycles. The molecule has 0 aromatic carbocycles. The minimum Gasteiger partial charge on any atom is -0.478 e. The van der Waals surface area contributed by atoms with Gasteiger partial charge in [-0.1, -0.05) is 0 Å². The van der Waals surface area contributed by atoms with Crippen molar-refractivity contribution in [2.24, 2.45) is 0 Å². The monoisotopic (exact) mass is 265 g/mol. The first-order valence-corrected chi connectivity index (χ1v) is 6.63. The quantitative estimate of drug-likeness (QED) is 0.510. The summed E-state index contributed by atoms with van der Waals surface area (Å²) in [5.41, 5.74) is -0.503. The van der Waals surface area contributed by atoms with Crippen LogP contribution < -0.4 is 0 Å². The fourth-order valence-electron chi connectivity index (χ4n) is 1.48. The number of rotatable bonds is 2.